The average Bonchev–Trinajstić information content (AvgIpc) is 3.31. The van der Waals surface area contributed by atoms with Gasteiger partial charge in [-0.15, -0.1) is 0 Å². The van der Waals surface area contributed by atoms with E-state index in [4.69, 9.17) is 4.52 Å². The van der Waals surface area contributed by atoms with Crippen molar-refractivity contribution in [3.05, 3.63) is 53.4 Å². The lowest BCUT2D eigenvalue weighted by Crippen LogP contribution is -2.48. The number of amides is 1. The lowest BCUT2D eigenvalue weighted by Gasteiger charge is -2.28. The predicted octanol–water partition coefficient (Wildman–Crippen LogP) is 2.70. The van der Waals surface area contributed by atoms with Crippen LogP contribution >= 0.6 is 0 Å². The van der Waals surface area contributed by atoms with Crippen LogP contribution in [0.3, 0.4) is 0 Å². The second-order valence-electron chi connectivity index (χ2n) is 6.68. The highest BCUT2D eigenvalue weighted by molar-refractivity contribution is 5.92. The molecule has 25 heavy (non-hydrogen) atoms. The highest BCUT2D eigenvalue weighted by atomic mass is 16.5. The molecule has 1 aromatic carbocycles. The number of benzene rings is 1. The molecule has 2 heterocycles. The first-order valence-electron chi connectivity index (χ1n) is 8.89. The first kappa shape index (κ1) is 17.6. The molecular formula is C19H26N4O2. The third-order valence-corrected chi connectivity index (χ3v) is 4.92. The smallest absolute Gasteiger partial charge is 0.276 e. The van der Waals surface area contributed by atoms with Gasteiger partial charge in [-0.1, -0.05) is 42.4 Å². The average molecular weight is 342 g/mol. The van der Waals surface area contributed by atoms with Crippen molar-refractivity contribution in [1.82, 2.24) is 20.9 Å². The molecule has 134 valence electrons. The van der Waals surface area contributed by atoms with Crippen LogP contribution in [0.4, 0.5) is 0 Å². The van der Waals surface area contributed by atoms with Crippen LogP contribution in [0.1, 0.15) is 54.5 Å². The van der Waals surface area contributed by atoms with E-state index in [2.05, 4.69) is 42.0 Å². The number of likely N-dealkylation sites (N-methyl/N-ethyl adjacent to an activating group) is 1. The van der Waals surface area contributed by atoms with Crippen molar-refractivity contribution >= 4 is 5.91 Å². The van der Waals surface area contributed by atoms with Gasteiger partial charge in [-0.05, 0) is 25.3 Å². The summed E-state index contributed by atoms with van der Waals surface area (Å²) < 4.78 is 5.23. The van der Waals surface area contributed by atoms with Gasteiger partial charge in [0.25, 0.3) is 5.91 Å². The number of nitrogens with zero attached hydrogens (tertiary/aromatic N) is 2. The van der Waals surface area contributed by atoms with E-state index in [-0.39, 0.29) is 24.0 Å². The van der Waals surface area contributed by atoms with Crippen LogP contribution < -0.4 is 10.9 Å². The van der Waals surface area contributed by atoms with Crippen molar-refractivity contribution in [2.45, 2.75) is 51.2 Å². The minimum absolute atomic E-state index is 0.0278. The van der Waals surface area contributed by atoms with Crippen LogP contribution in [0.5, 0.6) is 0 Å². The van der Waals surface area contributed by atoms with Crippen LogP contribution in [0.25, 0.3) is 0 Å². The molecule has 1 aromatic heterocycles. The number of carbonyl (C=O) groups excluding carboxylic acids is 1. The summed E-state index contributed by atoms with van der Waals surface area (Å²) >= 11 is 0. The van der Waals surface area contributed by atoms with Gasteiger partial charge in [-0.25, -0.2) is 5.43 Å². The molecule has 1 aliphatic heterocycles. The van der Waals surface area contributed by atoms with E-state index < -0.39 is 0 Å². The molecule has 1 aliphatic rings. The Morgan fingerprint density at radius 1 is 1.36 bits per heavy atom. The quantitative estimate of drug-likeness (QED) is 0.845. The molecule has 3 rings (SSSR count). The summed E-state index contributed by atoms with van der Waals surface area (Å²) in [6, 6.07) is 12.5. The summed E-state index contributed by atoms with van der Waals surface area (Å²) in [5.41, 5.74) is 8.29. The summed E-state index contributed by atoms with van der Waals surface area (Å²) in [6.45, 7) is 4.12. The Kier molecular flexibility index (Phi) is 5.50. The first-order valence-corrected chi connectivity index (χ1v) is 8.89. The van der Waals surface area contributed by atoms with E-state index in [9.17, 15) is 4.79 Å². The molecule has 1 fully saturated rings. The van der Waals surface area contributed by atoms with Crippen LogP contribution in [0.2, 0.25) is 0 Å². The monoisotopic (exact) mass is 342 g/mol. The van der Waals surface area contributed by atoms with Gasteiger partial charge in [0.15, 0.2) is 5.69 Å². The fourth-order valence-electron chi connectivity index (χ4n) is 3.22. The van der Waals surface area contributed by atoms with Crippen molar-refractivity contribution in [1.29, 1.82) is 0 Å². The van der Waals surface area contributed by atoms with Crippen LogP contribution in [0, 0.1) is 0 Å². The number of aryl methyl sites for hydroxylation is 1. The highest BCUT2D eigenvalue weighted by Crippen LogP contribution is 2.25. The number of hydrogen-bond acceptors (Lipinski definition) is 5. The molecule has 2 N–H and O–H groups in total. The fraction of sp³-hybridized carbons (Fsp3) is 0.474. The van der Waals surface area contributed by atoms with E-state index in [1.165, 1.54) is 5.56 Å². The zero-order chi connectivity index (χ0) is 17.8. The molecule has 3 unspecified atom stereocenters. The Morgan fingerprint density at radius 3 is 2.84 bits per heavy atom. The molecule has 0 aliphatic carbocycles. The number of hydrazine groups is 1. The number of carbonyl (C=O) groups is 1. The van der Waals surface area contributed by atoms with Crippen molar-refractivity contribution < 1.29 is 9.32 Å². The second-order valence-corrected chi connectivity index (χ2v) is 6.68. The van der Waals surface area contributed by atoms with Crippen molar-refractivity contribution in [3.63, 3.8) is 0 Å². The van der Waals surface area contributed by atoms with Crippen LogP contribution in [0.15, 0.2) is 40.9 Å². The number of hydrogen-bond donors (Lipinski definition) is 2. The SMILES string of the molecule is CCCc1cc(C(=O)N(C)C(C)C2CC(c3ccccc3)NN2)no1. The van der Waals surface area contributed by atoms with Crippen LogP contribution in [-0.4, -0.2) is 35.1 Å². The molecule has 6 nitrogen and oxygen atoms in total. The van der Waals surface area contributed by atoms with E-state index in [0.717, 1.165) is 25.0 Å². The minimum Gasteiger partial charge on any atom is -0.361 e. The molecule has 0 radical (unpaired) electrons. The van der Waals surface area contributed by atoms with E-state index in [1.807, 2.05) is 25.2 Å². The van der Waals surface area contributed by atoms with E-state index in [0.29, 0.717) is 5.69 Å². The molecule has 0 saturated carbocycles. The molecule has 1 amide bonds. The maximum Gasteiger partial charge on any atom is 0.276 e. The Labute approximate surface area is 148 Å². The summed E-state index contributed by atoms with van der Waals surface area (Å²) in [5.74, 6) is 0.653. The highest BCUT2D eigenvalue weighted by Gasteiger charge is 2.33. The van der Waals surface area contributed by atoms with Gasteiger partial charge in [0.05, 0.1) is 0 Å². The Morgan fingerprint density at radius 2 is 2.12 bits per heavy atom. The standard InChI is InChI=1S/C19H26N4O2/c1-4-8-15-11-18(22-25-15)19(24)23(3)13(2)16-12-17(21-20-16)14-9-6-5-7-10-14/h5-7,9-11,13,16-17,20-21H,4,8,12H2,1-3H3. The lowest BCUT2D eigenvalue weighted by molar-refractivity contribution is 0.0704. The first-order chi connectivity index (χ1) is 12.1. The zero-order valence-electron chi connectivity index (χ0n) is 15.0. The third kappa shape index (κ3) is 3.91. The number of nitrogens with one attached hydrogen (secondary N) is 2. The van der Waals surface area contributed by atoms with Crippen LogP contribution in [-0.2, 0) is 6.42 Å². The molecule has 3 atom stereocenters. The Bertz CT molecular complexity index is 700. The largest absolute Gasteiger partial charge is 0.361 e. The summed E-state index contributed by atoms with van der Waals surface area (Å²) in [4.78, 5) is 14.4. The summed E-state index contributed by atoms with van der Waals surface area (Å²) in [7, 11) is 1.82. The minimum atomic E-state index is -0.108. The third-order valence-electron chi connectivity index (χ3n) is 4.92. The lowest BCUT2D eigenvalue weighted by atomic mass is 9.98. The molecule has 6 heteroatoms. The number of aromatic nitrogens is 1. The van der Waals surface area contributed by atoms with Crippen molar-refractivity contribution in [2.75, 3.05) is 7.05 Å². The maximum absolute atomic E-state index is 12.7. The zero-order valence-corrected chi connectivity index (χ0v) is 15.0. The maximum atomic E-state index is 12.7. The van der Waals surface area contributed by atoms with E-state index >= 15 is 0 Å². The summed E-state index contributed by atoms with van der Waals surface area (Å²) in [6.07, 6.45) is 2.68. The van der Waals surface area contributed by atoms with E-state index in [1.54, 1.807) is 11.0 Å². The van der Waals surface area contributed by atoms with Crippen molar-refractivity contribution in [2.24, 2.45) is 0 Å². The predicted molar refractivity (Wildman–Crippen MR) is 95.9 cm³/mol. The van der Waals surface area contributed by atoms with Crippen molar-refractivity contribution in [3.8, 4) is 0 Å². The molecule has 0 bridgehead atoms. The van der Waals surface area contributed by atoms with Gasteiger partial charge in [0, 0.05) is 37.7 Å². The molecular weight excluding hydrogens is 316 g/mol. The van der Waals surface area contributed by atoms with Gasteiger partial charge in [0.1, 0.15) is 5.76 Å². The van der Waals surface area contributed by atoms with Gasteiger partial charge in [-0.2, -0.15) is 0 Å². The second kappa shape index (κ2) is 7.80. The fourth-order valence-corrected chi connectivity index (χ4v) is 3.22. The molecule has 0 spiro atoms. The van der Waals surface area contributed by atoms with Gasteiger partial charge in [0.2, 0.25) is 0 Å². The Hall–Kier alpha value is -2.18. The Balaban J connectivity index is 1.62. The summed E-state index contributed by atoms with van der Waals surface area (Å²) in [5, 5.41) is 3.93. The molecule has 2 aromatic rings. The van der Waals surface area contributed by atoms with Gasteiger partial charge in [-0.3, -0.25) is 10.2 Å². The number of rotatable bonds is 6. The normalized spacial score (nSPS) is 21.2. The van der Waals surface area contributed by atoms with Gasteiger partial charge >= 0.3 is 0 Å². The molecule has 1 saturated heterocycles. The van der Waals surface area contributed by atoms with Gasteiger partial charge < -0.3 is 9.42 Å². The topological polar surface area (TPSA) is 70.4 Å².